The number of aromatic nitrogens is 5. The Morgan fingerprint density at radius 2 is 1.87 bits per heavy atom. The molecule has 0 aliphatic heterocycles. The summed E-state index contributed by atoms with van der Waals surface area (Å²) < 4.78 is 3.31. The van der Waals surface area contributed by atoms with Crippen molar-refractivity contribution in [3.8, 4) is 11.4 Å². The molecule has 0 saturated carbocycles. The van der Waals surface area contributed by atoms with Gasteiger partial charge in [0, 0.05) is 24.0 Å². The van der Waals surface area contributed by atoms with Gasteiger partial charge in [-0.15, -0.1) is 5.10 Å². The van der Waals surface area contributed by atoms with Crippen molar-refractivity contribution in [3.05, 3.63) is 59.1 Å². The Hall–Kier alpha value is -3.02. The van der Waals surface area contributed by atoms with Gasteiger partial charge in [0.25, 0.3) is 11.3 Å². The summed E-state index contributed by atoms with van der Waals surface area (Å²) in [5.74, 6) is 1.08. The minimum absolute atomic E-state index is 0.0661. The average molecular weight is 305 g/mol. The molecular weight excluding hydrogens is 290 g/mol. The van der Waals surface area contributed by atoms with Crippen LogP contribution in [-0.2, 0) is 0 Å². The van der Waals surface area contributed by atoms with Crippen molar-refractivity contribution in [2.75, 3.05) is 0 Å². The van der Waals surface area contributed by atoms with E-state index in [1.54, 1.807) is 21.5 Å². The number of nitrogens with zero attached hydrogens (tertiary/aromatic N) is 5. The van der Waals surface area contributed by atoms with Crippen LogP contribution in [0.3, 0.4) is 0 Å². The maximum atomic E-state index is 12.6. The Morgan fingerprint density at radius 3 is 2.61 bits per heavy atom. The summed E-state index contributed by atoms with van der Waals surface area (Å²) in [7, 11) is 0. The molecule has 0 spiro atoms. The van der Waals surface area contributed by atoms with Gasteiger partial charge in [0.15, 0.2) is 5.82 Å². The van der Waals surface area contributed by atoms with Crippen LogP contribution >= 0.6 is 0 Å². The molecule has 1 aromatic carbocycles. The second kappa shape index (κ2) is 5.01. The third-order valence-corrected chi connectivity index (χ3v) is 3.85. The lowest BCUT2D eigenvalue weighted by atomic mass is 10.2. The molecule has 0 radical (unpaired) electrons. The molecule has 6 nitrogen and oxygen atoms in total. The zero-order chi connectivity index (χ0) is 16.0. The second-order valence-corrected chi connectivity index (χ2v) is 5.69. The summed E-state index contributed by atoms with van der Waals surface area (Å²) in [5, 5.41) is 5.06. The number of hydrogen-bond donors (Lipinski definition) is 0. The first-order valence-corrected chi connectivity index (χ1v) is 7.47. The molecule has 3 heterocycles. The van der Waals surface area contributed by atoms with Crippen molar-refractivity contribution in [3.63, 3.8) is 0 Å². The van der Waals surface area contributed by atoms with Crippen molar-refractivity contribution < 1.29 is 0 Å². The summed E-state index contributed by atoms with van der Waals surface area (Å²) >= 11 is 0. The van der Waals surface area contributed by atoms with Crippen molar-refractivity contribution >= 4 is 16.7 Å². The van der Waals surface area contributed by atoms with E-state index in [1.165, 1.54) is 0 Å². The van der Waals surface area contributed by atoms with E-state index in [1.807, 2.05) is 50.2 Å². The Balaban J connectivity index is 2.01. The molecule has 0 aliphatic rings. The highest BCUT2D eigenvalue weighted by Gasteiger charge is 2.13. The molecule has 0 unspecified atom stereocenters. The molecule has 0 amide bonds. The topological polar surface area (TPSA) is 65.1 Å². The fourth-order valence-electron chi connectivity index (χ4n) is 2.65. The van der Waals surface area contributed by atoms with Gasteiger partial charge in [-0.25, -0.2) is 4.98 Å². The zero-order valence-corrected chi connectivity index (χ0v) is 12.8. The smallest absolute Gasteiger partial charge is 0.261 e. The maximum absolute atomic E-state index is 12.6. The highest BCUT2D eigenvalue weighted by atomic mass is 16.1. The van der Waals surface area contributed by atoms with Gasteiger partial charge in [0.2, 0.25) is 0 Å². The first-order chi connectivity index (χ1) is 11.1. The first-order valence-electron chi connectivity index (χ1n) is 7.47. The number of pyridine rings is 1. The Bertz CT molecular complexity index is 1060. The molecule has 3 aromatic heterocycles. The standard InChI is InChI=1S/C17H15N5O/c1-11(2)21-9-8-14-13(16(21)23)10-18-17-19-15(20-22(14)17)12-6-4-3-5-7-12/h3-11H,1-2H3. The maximum Gasteiger partial charge on any atom is 0.261 e. The van der Waals surface area contributed by atoms with Crippen LogP contribution in [0.4, 0.5) is 0 Å². The summed E-state index contributed by atoms with van der Waals surface area (Å²) in [6, 6.07) is 11.7. The van der Waals surface area contributed by atoms with Crippen molar-refractivity contribution in [2.45, 2.75) is 19.9 Å². The van der Waals surface area contributed by atoms with Crippen LogP contribution in [0.5, 0.6) is 0 Å². The average Bonchev–Trinajstić information content (AvgIpc) is 3.00. The monoisotopic (exact) mass is 305 g/mol. The second-order valence-electron chi connectivity index (χ2n) is 5.69. The summed E-state index contributed by atoms with van der Waals surface area (Å²) in [6.45, 7) is 3.95. The number of fused-ring (bicyclic) bond motifs is 3. The van der Waals surface area contributed by atoms with Crippen LogP contribution in [0.1, 0.15) is 19.9 Å². The minimum Gasteiger partial charge on any atom is -0.312 e. The van der Waals surface area contributed by atoms with E-state index in [-0.39, 0.29) is 11.6 Å². The SMILES string of the molecule is CC(C)n1ccc2c(cnc3nc(-c4ccccc4)nn32)c1=O. The lowest BCUT2D eigenvalue weighted by Crippen LogP contribution is -2.22. The van der Waals surface area contributed by atoms with Gasteiger partial charge in [-0.2, -0.15) is 9.50 Å². The summed E-state index contributed by atoms with van der Waals surface area (Å²) in [4.78, 5) is 21.3. The molecule has 23 heavy (non-hydrogen) atoms. The highest BCUT2D eigenvalue weighted by Crippen LogP contribution is 2.17. The fraction of sp³-hybridized carbons (Fsp3) is 0.176. The molecular formula is C17H15N5O. The molecule has 4 aromatic rings. The summed E-state index contributed by atoms with van der Waals surface area (Å²) in [5.41, 5.74) is 1.57. The van der Waals surface area contributed by atoms with Crippen LogP contribution in [0.25, 0.3) is 28.1 Å². The van der Waals surface area contributed by atoms with Crippen LogP contribution in [-0.4, -0.2) is 24.1 Å². The number of rotatable bonds is 2. The quantitative estimate of drug-likeness (QED) is 0.571. The van der Waals surface area contributed by atoms with Gasteiger partial charge < -0.3 is 4.57 Å². The third-order valence-electron chi connectivity index (χ3n) is 3.85. The normalized spacial score (nSPS) is 11.6. The van der Waals surface area contributed by atoms with E-state index < -0.39 is 0 Å². The third kappa shape index (κ3) is 2.11. The van der Waals surface area contributed by atoms with Gasteiger partial charge in [0.05, 0.1) is 10.9 Å². The van der Waals surface area contributed by atoms with Crippen molar-refractivity contribution in [2.24, 2.45) is 0 Å². The first kappa shape index (κ1) is 13.6. The molecule has 6 heteroatoms. The van der Waals surface area contributed by atoms with E-state index in [0.29, 0.717) is 22.5 Å². The molecule has 114 valence electrons. The molecule has 0 saturated heterocycles. The number of benzene rings is 1. The fourth-order valence-corrected chi connectivity index (χ4v) is 2.65. The lowest BCUT2D eigenvalue weighted by molar-refractivity contribution is 0.582. The molecule has 0 bridgehead atoms. The van der Waals surface area contributed by atoms with E-state index in [4.69, 9.17) is 0 Å². The molecule has 0 N–H and O–H groups in total. The van der Waals surface area contributed by atoms with Gasteiger partial charge >= 0.3 is 0 Å². The highest BCUT2D eigenvalue weighted by molar-refractivity contribution is 5.79. The molecule has 0 fully saturated rings. The van der Waals surface area contributed by atoms with Crippen LogP contribution in [0.15, 0.2) is 53.6 Å². The van der Waals surface area contributed by atoms with E-state index in [2.05, 4.69) is 15.1 Å². The van der Waals surface area contributed by atoms with Crippen LogP contribution < -0.4 is 5.56 Å². The van der Waals surface area contributed by atoms with Gasteiger partial charge in [-0.3, -0.25) is 4.79 Å². The van der Waals surface area contributed by atoms with Crippen molar-refractivity contribution in [1.82, 2.24) is 24.1 Å². The number of hydrogen-bond acceptors (Lipinski definition) is 4. The molecule has 0 aliphatic carbocycles. The lowest BCUT2D eigenvalue weighted by Gasteiger charge is -2.10. The Labute approximate surface area is 132 Å². The van der Waals surface area contributed by atoms with Crippen LogP contribution in [0, 0.1) is 0 Å². The van der Waals surface area contributed by atoms with Crippen molar-refractivity contribution in [1.29, 1.82) is 0 Å². The van der Waals surface area contributed by atoms with Gasteiger partial charge in [-0.05, 0) is 19.9 Å². The minimum atomic E-state index is -0.0661. The molecule has 4 rings (SSSR count). The Morgan fingerprint density at radius 1 is 1.09 bits per heavy atom. The van der Waals surface area contributed by atoms with E-state index >= 15 is 0 Å². The van der Waals surface area contributed by atoms with Crippen LogP contribution in [0.2, 0.25) is 0 Å². The van der Waals surface area contributed by atoms with Gasteiger partial charge in [-0.1, -0.05) is 30.3 Å². The Kier molecular flexibility index (Phi) is 2.97. The predicted molar refractivity (Wildman–Crippen MR) is 88.4 cm³/mol. The van der Waals surface area contributed by atoms with E-state index in [9.17, 15) is 4.79 Å². The molecule has 0 atom stereocenters. The zero-order valence-electron chi connectivity index (χ0n) is 12.8. The predicted octanol–water partition coefficient (Wildman–Crippen LogP) is 2.69. The van der Waals surface area contributed by atoms with Gasteiger partial charge in [0.1, 0.15) is 0 Å². The van der Waals surface area contributed by atoms with E-state index in [0.717, 1.165) is 5.56 Å². The largest absolute Gasteiger partial charge is 0.312 e. The summed E-state index contributed by atoms with van der Waals surface area (Å²) in [6.07, 6.45) is 3.37.